The first kappa shape index (κ1) is 15.7. The van der Waals surface area contributed by atoms with Gasteiger partial charge in [0, 0.05) is 30.9 Å². The van der Waals surface area contributed by atoms with Crippen molar-refractivity contribution in [2.24, 2.45) is 0 Å². The van der Waals surface area contributed by atoms with Gasteiger partial charge in [-0.1, -0.05) is 36.4 Å². The van der Waals surface area contributed by atoms with Crippen LogP contribution in [0.1, 0.15) is 35.6 Å². The summed E-state index contributed by atoms with van der Waals surface area (Å²) in [7, 11) is 0. The Morgan fingerprint density at radius 2 is 1.83 bits per heavy atom. The minimum atomic E-state index is -0.331. The molecule has 1 aliphatic heterocycles. The van der Waals surface area contributed by atoms with E-state index in [1.165, 1.54) is 16.8 Å². The molecule has 0 bridgehead atoms. The summed E-state index contributed by atoms with van der Waals surface area (Å²) in [6.45, 7) is 4.24. The van der Waals surface area contributed by atoms with E-state index in [2.05, 4.69) is 59.6 Å². The Labute approximate surface area is 144 Å². The smallest absolute Gasteiger partial charge is 0.0951 e. The average Bonchev–Trinajstić information content (AvgIpc) is 2.93. The van der Waals surface area contributed by atoms with Crippen molar-refractivity contribution in [3.8, 4) is 0 Å². The average molecular weight is 322 g/mol. The van der Waals surface area contributed by atoms with Crippen molar-refractivity contribution in [2.75, 3.05) is 18.4 Å². The quantitative estimate of drug-likeness (QED) is 0.907. The van der Waals surface area contributed by atoms with E-state index in [4.69, 9.17) is 0 Å². The fourth-order valence-corrected chi connectivity index (χ4v) is 4.23. The number of likely N-dealkylation sites (tertiary alicyclic amines) is 1. The first-order valence-corrected chi connectivity index (χ1v) is 9.04. The zero-order valence-electron chi connectivity index (χ0n) is 14.3. The highest BCUT2D eigenvalue weighted by Gasteiger charge is 2.36. The van der Waals surface area contributed by atoms with E-state index in [1.54, 1.807) is 0 Å². The normalized spacial score (nSPS) is 24.8. The van der Waals surface area contributed by atoms with Gasteiger partial charge in [-0.25, -0.2) is 0 Å². The molecule has 0 aromatic heterocycles. The number of rotatable bonds is 3. The highest BCUT2D eigenvalue weighted by Crippen LogP contribution is 2.35. The molecule has 3 heteroatoms. The van der Waals surface area contributed by atoms with Crippen molar-refractivity contribution < 1.29 is 5.11 Å². The van der Waals surface area contributed by atoms with Crippen LogP contribution < -0.4 is 5.32 Å². The molecular formula is C21H26N2O. The van der Waals surface area contributed by atoms with Crippen LogP contribution in [0, 0.1) is 6.92 Å². The summed E-state index contributed by atoms with van der Waals surface area (Å²) < 4.78 is 0. The fourth-order valence-electron chi connectivity index (χ4n) is 4.23. The Morgan fingerprint density at radius 1 is 1.04 bits per heavy atom. The first-order valence-electron chi connectivity index (χ1n) is 9.04. The van der Waals surface area contributed by atoms with Crippen molar-refractivity contribution in [3.05, 3.63) is 65.2 Å². The lowest BCUT2D eigenvalue weighted by molar-refractivity contribution is 0.0474. The molecule has 2 aromatic carbocycles. The molecule has 1 heterocycles. The molecule has 0 spiro atoms. The van der Waals surface area contributed by atoms with Gasteiger partial charge in [0.2, 0.25) is 0 Å². The Bertz CT molecular complexity index is 706. The van der Waals surface area contributed by atoms with Gasteiger partial charge in [0.05, 0.1) is 6.10 Å². The molecule has 126 valence electrons. The van der Waals surface area contributed by atoms with Crippen LogP contribution in [0.15, 0.2) is 48.5 Å². The second-order valence-electron chi connectivity index (χ2n) is 7.24. The topological polar surface area (TPSA) is 35.5 Å². The van der Waals surface area contributed by atoms with Crippen molar-refractivity contribution in [1.82, 2.24) is 4.90 Å². The van der Waals surface area contributed by atoms with Crippen LogP contribution in [0.5, 0.6) is 0 Å². The van der Waals surface area contributed by atoms with Crippen LogP contribution in [0.25, 0.3) is 0 Å². The maximum absolute atomic E-state index is 10.7. The maximum atomic E-state index is 10.7. The Kier molecular flexibility index (Phi) is 4.30. The number of aliphatic hydroxyl groups is 1. The van der Waals surface area contributed by atoms with Gasteiger partial charge in [-0.3, -0.25) is 4.90 Å². The summed E-state index contributed by atoms with van der Waals surface area (Å²) in [6.07, 6.45) is 2.91. The number of hydrogen-bond acceptors (Lipinski definition) is 3. The van der Waals surface area contributed by atoms with Gasteiger partial charge in [0.25, 0.3) is 0 Å². The summed E-state index contributed by atoms with van der Waals surface area (Å²) in [6, 6.07) is 17.7. The lowest BCUT2D eigenvalue weighted by Gasteiger charge is -2.37. The lowest BCUT2D eigenvalue weighted by Crippen LogP contribution is -2.46. The fraction of sp³-hybridized carbons (Fsp3) is 0.429. The Balaban J connectivity index is 1.35. The minimum absolute atomic E-state index is 0.252. The van der Waals surface area contributed by atoms with Gasteiger partial charge in [0.1, 0.15) is 0 Å². The summed E-state index contributed by atoms with van der Waals surface area (Å²) >= 11 is 0. The van der Waals surface area contributed by atoms with Crippen LogP contribution in [-0.2, 0) is 6.42 Å². The highest BCUT2D eigenvalue weighted by molar-refractivity contribution is 5.46. The van der Waals surface area contributed by atoms with Gasteiger partial charge < -0.3 is 10.4 Å². The molecule has 2 aliphatic rings. The van der Waals surface area contributed by atoms with E-state index < -0.39 is 0 Å². The number of nitrogens with zero attached hydrogens (tertiary/aromatic N) is 1. The largest absolute Gasteiger partial charge is 0.387 e. The zero-order valence-corrected chi connectivity index (χ0v) is 14.3. The van der Waals surface area contributed by atoms with Crippen LogP contribution in [-0.4, -0.2) is 35.2 Å². The van der Waals surface area contributed by atoms with E-state index in [-0.39, 0.29) is 12.1 Å². The summed E-state index contributed by atoms with van der Waals surface area (Å²) in [5.74, 6) is 0. The van der Waals surface area contributed by atoms with Crippen molar-refractivity contribution in [1.29, 1.82) is 0 Å². The monoisotopic (exact) mass is 322 g/mol. The lowest BCUT2D eigenvalue weighted by atomic mass is 10.0. The summed E-state index contributed by atoms with van der Waals surface area (Å²) in [5.41, 5.74) is 4.96. The molecule has 2 aromatic rings. The minimum Gasteiger partial charge on any atom is -0.387 e. The van der Waals surface area contributed by atoms with Gasteiger partial charge in [-0.05, 0) is 55.0 Å². The predicted octanol–water partition coefficient (Wildman–Crippen LogP) is 3.53. The van der Waals surface area contributed by atoms with Gasteiger partial charge >= 0.3 is 0 Å². The number of hydrogen-bond donors (Lipinski definition) is 2. The third-order valence-electron chi connectivity index (χ3n) is 5.55. The molecule has 24 heavy (non-hydrogen) atoms. The number of aryl methyl sites for hydroxylation is 1. The van der Waals surface area contributed by atoms with Gasteiger partial charge in [-0.15, -0.1) is 0 Å². The molecule has 3 nitrogen and oxygen atoms in total. The highest BCUT2D eigenvalue weighted by atomic mass is 16.3. The number of nitrogens with one attached hydrogen (secondary N) is 1. The predicted molar refractivity (Wildman–Crippen MR) is 98.3 cm³/mol. The molecule has 0 saturated carbocycles. The van der Waals surface area contributed by atoms with Crippen molar-refractivity contribution in [2.45, 2.75) is 44.4 Å². The number of fused-ring (bicyclic) bond motifs is 1. The van der Waals surface area contributed by atoms with E-state index in [9.17, 15) is 5.11 Å². The molecular weight excluding hydrogens is 296 g/mol. The maximum Gasteiger partial charge on any atom is 0.0951 e. The molecule has 2 atom stereocenters. The molecule has 0 amide bonds. The second kappa shape index (κ2) is 6.58. The van der Waals surface area contributed by atoms with E-state index in [0.717, 1.165) is 37.9 Å². The standard InChI is InChI=1S/C21H26N2O/c1-15-5-4-7-18(13-15)22-17-9-11-23(12-10-17)20-14-16-6-2-3-8-19(16)21(20)24/h2-8,13,17,20-22,24H,9-12,14H2,1H3. The van der Waals surface area contributed by atoms with E-state index in [0.29, 0.717) is 6.04 Å². The number of anilines is 1. The number of aliphatic hydroxyl groups excluding tert-OH is 1. The van der Waals surface area contributed by atoms with Crippen LogP contribution in [0.3, 0.4) is 0 Å². The van der Waals surface area contributed by atoms with Crippen molar-refractivity contribution in [3.63, 3.8) is 0 Å². The Morgan fingerprint density at radius 3 is 2.58 bits per heavy atom. The summed E-state index contributed by atoms with van der Waals surface area (Å²) in [4.78, 5) is 2.49. The first-order chi connectivity index (χ1) is 11.7. The van der Waals surface area contributed by atoms with Crippen LogP contribution >= 0.6 is 0 Å². The number of piperidine rings is 1. The van der Waals surface area contributed by atoms with E-state index >= 15 is 0 Å². The van der Waals surface area contributed by atoms with Gasteiger partial charge in [-0.2, -0.15) is 0 Å². The molecule has 4 rings (SSSR count). The zero-order chi connectivity index (χ0) is 16.5. The number of benzene rings is 2. The second-order valence-corrected chi connectivity index (χ2v) is 7.24. The van der Waals surface area contributed by atoms with Gasteiger partial charge in [0.15, 0.2) is 0 Å². The molecule has 1 fully saturated rings. The third kappa shape index (κ3) is 3.06. The molecule has 2 N–H and O–H groups in total. The SMILES string of the molecule is Cc1cccc(NC2CCN(C3Cc4ccccc4C3O)CC2)c1. The van der Waals surface area contributed by atoms with Crippen LogP contribution in [0.2, 0.25) is 0 Å². The third-order valence-corrected chi connectivity index (χ3v) is 5.55. The van der Waals surface area contributed by atoms with Crippen LogP contribution in [0.4, 0.5) is 5.69 Å². The summed E-state index contributed by atoms with van der Waals surface area (Å²) in [5, 5.41) is 14.3. The van der Waals surface area contributed by atoms with Crippen molar-refractivity contribution >= 4 is 5.69 Å². The Hall–Kier alpha value is -1.84. The molecule has 1 saturated heterocycles. The molecule has 2 unspecified atom stereocenters. The molecule has 1 aliphatic carbocycles. The van der Waals surface area contributed by atoms with E-state index in [1.807, 2.05) is 6.07 Å². The molecule has 0 radical (unpaired) electrons.